The van der Waals surface area contributed by atoms with Crippen LogP contribution in [0.1, 0.15) is 64.2 Å². The molecule has 4 unspecified atom stereocenters. The van der Waals surface area contributed by atoms with Gasteiger partial charge in [0.15, 0.2) is 0 Å². The minimum absolute atomic E-state index is 0.0121. The number of hydrogen-bond acceptors (Lipinski definition) is 4. The summed E-state index contributed by atoms with van der Waals surface area (Å²) >= 11 is 0. The smallest absolute Gasteiger partial charge is 0.0842 e. The Labute approximate surface area is 142 Å². The van der Waals surface area contributed by atoms with E-state index in [1.54, 1.807) is 0 Å². The maximum Gasteiger partial charge on any atom is 0.0842 e. The summed E-state index contributed by atoms with van der Waals surface area (Å²) in [6.45, 7) is 4.35. The van der Waals surface area contributed by atoms with E-state index in [0.29, 0.717) is 6.17 Å². The van der Waals surface area contributed by atoms with Crippen molar-refractivity contribution in [2.45, 2.75) is 76.0 Å². The van der Waals surface area contributed by atoms with E-state index in [4.69, 9.17) is 4.74 Å². The van der Waals surface area contributed by atoms with E-state index in [0.717, 1.165) is 50.9 Å². The quantitative estimate of drug-likeness (QED) is 0.694. The predicted molar refractivity (Wildman–Crippen MR) is 95.6 cm³/mol. The Hall–Kier alpha value is -0.160. The van der Waals surface area contributed by atoms with Crippen molar-refractivity contribution in [3.63, 3.8) is 0 Å². The minimum Gasteiger partial charge on any atom is -0.377 e. The minimum atomic E-state index is 0.0121. The van der Waals surface area contributed by atoms with E-state index in [-0.39, 0.29) is 5.60 Å². The molecular formula is C19H37N3O. The fourth-order valence-corrected chi connectivity index (χ4v) is 4.97. The van der Waals surface area contributed by atoms with Gasteiger partial charge in [-0.3, -0.25) is 0 Å². The highest BCUT2D eigenvalue weighted by atomic mass is 16.5. The van der Waals surface area contributed by atoms with Crippen LogP contribution in [0.25, 0.3) is 0 Å². The third-order valence-electron chi connectivity index (χ3n) is 6.48. The van der Waals surface area contributed by atoms with Crippen LogP contribution in [0.2, 0.25) is 0 Å². The molecule has 2 aliphatic heterocycles. The van der Waals surface area contributed by atoms with Crippen molar-refractivity contribution in [3.8, 4) is 0 Å². The molecule has 1 saturated carbocycles. The lowest BCUT2D eigenvalue weighted by molar-refractivity contribution is -0.0470. The molecule has 0 radical (unpaired) electrons. The van der Waals surface area contributed by atoms with Gasteiger partial charge in [0, 0.05) is 20.1 Å². The molecule has 3 aliphatic rings. The van der Waals surface area contributed by atoms with E-state index in [1.807, 2.05) is 7.11 Å². The summed E-state index contributed by atoms with van der Waals surface area (Å²) in [6, 6.07) is 0. The number of ether oxygens (including phenoxy) is 1. The molecule has 0 aromatic carbocycles. The molecule has 23 heavy (non-hydrogen) atoms. The summed E-state index contributed by atoms with van der Waals surface area (Å²) in [6.07, 6.45) is 14.0. The summed E-state index contributed by atoms with van der Waals surface area (Å²) in [5.41, 5.74) is 0.0121. The lowest BCUT2D eigenvalue weighted by atomic mass is 9.78. The first-order valence-corrected chi connectivity index (χ1v) is 10.0. The number of hydrogen-bond donors (Lipinski definition) is 3. The van der Waals surface area contributed by atoms with E-state index in [1.165, 1.54) is 51.4 Å². The van der Waals surface area contributed by atoms with Crippen LogP contribution in [-0.2, 0) is 4.74 Å². The Morgan fingerprint density at radius 2 is 1.65 bits per heavy atom. The fraction of sp³-hybridized carbons (Fsp3) is 1.00. The molecule has 2 saturated heterocycles. The van der Waals surface area contributed by atoms with Crippen molar-refractivity contribution in [1.82, 2.24) is 16.0 Å². The zero-order chi connectivity index (χ0) is 16.0. The van der Waals surface area contributed by atoms with Crippen molar-refractivity contribution < 1.29 is 4.74 Å². The van der Waals surface area contributed by atoms with Gasteiger partial charge in [-0.2, -0.15) is 0 Å². The van der Waals surface area contributed by atoms with E-state index in [9.17, 15) is 0 Å². The highest BCUT2D eigenvalue weighted by Crippen LogP contribution is 2.34. The zero-order valence-electron chi connectivity index (χ0n) is 15.0. The molecule has 1 aliphatic carbocycles. The second kappa shape index (κ2) is 8.80. The van der Waals surface area contributed by atoms with Gasteiger partial charge < -0.3 is 20.7 Å². The average molecular weight is 324 g/mol. The average Bonchev–Trinajstić information content (AvgIpc) is 2.59. The van der Waals surface area contributed by atoms with E-state index in [2.05, 4.69) is 16.0 Å². The summed E-state index contributed by atoms with van der Waals surface area (Å²) in [5.74, 6) is 1.96. The molecule has 4 heteroatoms. The SMILES string of the molecule is COC12CCNC(C1)NCCCCC1CCCC(CCNC2)C1. The first kappa shape index (κ1) is 17.7. The summed E-state index contributed by atoms with van der Waals surface area (Å²) < 4.78 is 5.97. The molecule has 4 nitrogen and oxygen atoms in total. The third kappa shape index (κ3) is 5.15. The summed E-state index contributed by atoms with van der Waals surface area (Å²) in [7, 11) is 1.89. The highest BCUT2D eigenvalue weighted by molar-refractivity contribution is 4.92. The molecule has 3 N–H and O–H groups in total. The monoisotopic (exact) mass is 323 g/mol. The largest absolute Gasteiger partial charge is 0.377 e. The van der Waals surface area contributed by atoms with Crippen LogP contribution in [0, 0.1) is 11.8 Å². The molecular weight excluding hydrogens is 286 g/mol. The Morgan fingerprint density at radius 3 is 2.52 bits per heavy atom. The summed E-state index contributed by atoms with van der Waals surface area (Å²) in [5, 5.41) is 11.1. The van der Waals surface area contributed by atoms with Crippen molar-refractivity contribution in [2.24, 2.45) is 11.8 Å². The molecule has 3 rings (SSSR count). The van der Waals surface area contributed by atoms with Crippen molar-refractivity contribution in [1.29, 1.82) is 0 Å². The zero-order valence-corrected chi connectivity index (χ0v) is 15.0. The molecule has 2 heterocycles. The van der Waals surface area contributed by atoms with Crippen LogP contribution < -0.4 is 16.0 Å². The van der Waals surface area contributed by atoms with E-state index < -0.39 is 0 Å². The van der Waals surface area contributed by atoms with Crippen LogP contribution in [0.15, 0.2) is 0 Å². The number of nitrogens with one attached hydrogen (secondary N) is 3. The number of rotatable bonds is 1. The van der Waals surface area contributed by atoms with Gasteiger partial charge in [-0.1, -0.05) is 32.1 Å². The lowest BCUT2D eigenvalue weighted by Gasteiger charge is -2.41. The topological polar surface area (TPSA) is 45.3 Å². The second-order valence-corrected chi connectivity index (χ2v) is 8.16. The van der Waals surface area contributed by atoms with Crippen molar-refractivity contribution in [2.75, 3.05) is 33.3 Å². The molecule has 0 aromatic rings. The highest BCUT2D eigenvalue weighted by Gasteiger charge is 2.36. The van der Waals surface area contributed by atoms with Crippen molar-refractivity contribution in [3.05, 3.63) is 0 Å². The molecule has 0 aromatic heterocycles. The van der Waals surface area contributed by atoms with Crippen LogP contribution >= 0.6 is 0 Å². The Balaban J connectivity index is 1.58. The number of fused-ring (bicyclic) bond motifs is 4. The summed E-state index contributed by atoms with van der Waals surface area (Å²) in [4.78, 5) is 0. The lowest BCUT2D eigenvalue weighted by Crippen LogP contribution is -2.58. The van der Waals surface area contributed by atoms with Gasteiger partial charge in [0.2, 0.25) is 0 Å². The van der Waals surface area contributed by atoms with Gasteiger partial charge in [-0.05, 0) is 57.2 Å². The first-order valence-electron chi connectivity index (χ1n) is 10.0. The molecule has 4 atom stereocenters. The molecule has 134 valence electrons. The molecule has 3 fully saturated rings. The van der Waals surface area contributed by atoms with Gasteiger partial charge in [-0.15, -0.1) is 0 Å². The fourth-order valence-electron chi connectivity index (χ4n) is 4.97. The number of methoxy groups -OCH3 is 1. The van der Waals surface area contributed by atoms with Crippen molar-refractivity contribution >= 4 is 0 Å². The first-order chi connectivity index (χ1) is 11.3. The second-order valence-electron chi connectivity index (χ2n) is 8.16. The molecule has 0 spiro atoms. The molecule has 0 amide bonds. The predicted octanol–water partition coefficient (Wildman–Crippen LogP) is 2.64. The van der Waals surface area contributed by atoms with Crippen LogP contribution in [0.4, 0.5) is 0 Å². The van der Waals surface area contributed by atoms with Gasteiger partial charge in [0.1, 0.15) is 0 Å². The normalized spacial score (nSPS) is 40.8. The van der Waals surface area contributed by atoms with Crippen LogP contribution in [0.3, 0.4) is 0 Å². The van der Waals surface area contributed by atoms with Gasteiger partial charge >= 0.3 is 0 Å². The van der Waals surface area contributed by atoms with Gasteiger partial charge in [-0.25, -0.2) is 0 Å². The maximum atomic E-state index is 5.97. The van der Waals surface area contributed by atoms with Crippen LogP contribution in [-0.4, -0.2) is 45.1 Å². The molecule has 4 bridgehead atoms. The van der Waals surface area contributed by atoms with Gasteiger partial charge in [0.25, 0.3) is 0 Å². The van der Waals surface area contributed by atoms with E-state index >= 15 is 0 Å². The number of piperidine rings is 1. The Morgan fingerprint density at radius 1 is 0.870 bits per heavy atom. The van der Waals surface area contributed by atoms with Crippen LogP contribution in [0.5, 0.6) is 0 Å². The van der Waals surface area contributed by atoms with Gasteiger partial charge in [0.05, 0.1) is 11.8 Å². The Kier molecular flexibility index (Phi) is 6.75. The standard InChI is InChI=1S/C19H37N3O/c1-23-19-9-12-22-18(14-19)21-10-3-2-5-16-6-4-7-17(13-16)8-11-20-15-19/h16-18,20-22H,2-15H2,1H3. The Bertz CT molecular complexity index is 352. The third-order valence-corrected chi connectivity index (χ3v) is 6.48. The maximum absolute atomic E-state index is 5.97.